The molecule has 2 aromatic heterocycles. The van der Waals surface area contributed by atoms with Crippen LogP contribution in [0.3, 0.4) is 0 Å². The number of likely N-dealkylation sites (N-methyl/N-ethyl adjacent to an activating group) is 1. The van der Waals surface area contributed by atoms with Crippen LogP contribution in [0.4, 0.5) is 13.2 Å². The lowest BCUT2D eigenvalue weighted by atomic mass is 9.90. The Morgan fingerprint density at radius 1 is 1.10 bits per heavy atom. The Balaban J connectivity index is 1.72. The van der Waals surface area contributed by atoms with Crippen LogP contribution in [0.2, 0.25) is 0 Å². The number of aryl methyl sites for hydroxylation is 1. The molecule has 4 nitrogen and oxygen atoms in total. The third kappa shape index (κ3) is 3.92. The van der Waals surface area contributed by atoms with Crippen molar-refractivity contribution in [2.75, 3.05) is 19.6 Å². The van der Waals surface area contributed by atoms with Gasteiger partial charge in [-0.2, -0.15) is 18.3 Å². The first-order chi connectivity index (χ1) is 13.9. The van der Waals surface area contributed by atoms with Crippen LogP contribution in [0.5, 0.6) is 0 Å². The Morgan fingerprint density at radius 2 is 1.90 bits per heavy atom. The van der Waals surface area contributed by atoms with Crippen molar-refractivity contribution < 1.29 is 13.2 Å². The first kappa shape index (κ1) is 19.6. The van der Waals surface area contributed by atoms with Crippen LogP contribution < -0.4 is 0 Å². The maximum Gasteiger partial charge on any atom is 0.416 e. The highest BCUT2D eigenvalue weighted by molar-refractivity contribution is 5.58. The van der Waals surface area contributed by atoms with Crippen LogP contribution in [0, 0.1) is 6.92 Å². The van der Waals surface area contributed by atoms with Gasteiger partial charge in [0, 0.05) is 42.7 Å². The Labute approximate surface area is 168 Å². The van der Waals surface area contributed by atoms with Gasteiger partial charge in [0.05, 0.1) is 17.3 Å². The second-order valence-corrected chi connectivity index (χ2v) is 7.48. The van der Waals surface area contributed by atoms with Crippen LogP contribution in [-0.4, -0.2) is 39.3 Å². The predicted molar refractivity (Wildman–Crippen MR) is 106 cm³/mol. The number of alkyl halides is 3. The molecule has 0 bridgehead atoms. The van der Waals surface area contributed by atoms with Crippen LogP contribution >= 0.6 is 0 Å². The topological polar surface area (TPSA) is 34.0 Å². The summed E-state index contributed by atoms with van der Waals surface area (Å²) in [6.45, 7) is 5.99. The lowest BCUT2D eigenvalue weighted by Crippen LogP contribution is -2.21. The SMILES string of the molecule is CCN1C[C@H](c2ccccc2C(F)(F)F)[C@@H](n2ccc(-c3ccnc(C)c3)n2)C1. The minimum atomic E-state index is -4.37. The quantitative estimate of drug-likeness (QED) is 0.623. The van der Waals surface area contributed by atoms with Crippen molar-refractivity contribution in [1.82, 2.24) is 19.7 Å². The number of pyridine rings is 1. The molecule has 1 fully saturated rings. The number of benzene rings is 1. The van der Waals surface area contributed by atoms with Gasteiger partial charge in [-0.15, -0.1) is 0 Å². The average Bonchev–Trinajstić information content (AvgIpc) is 3.34. The van der Waals surface area contributed by atoms with E-state index in [-0.39, 0.29) is 12.0 Å². The number of halogens is 3. The van der Waals surface area contributed by atoms with Gasteiger partial charge in [0.15, 0.2) is 0 Å². The molecule has 4 rings (SSSR count). The Kier molecular flexibility index (Phi) is 5.17. The van der Waals surface area contributed by atoms with E-state index in [1.165, 1.54) is 12.1 Å². The number of hydrogen-bond donors (Lipinski definition) is 0. The number of hydrogen-bond acceptors (Lipinski definition) is 3. The predicted octanol–water partition coefficient (Wildman–Crippen LogP) is 4.93. The third-order valence-electron chi connectivity index (χ3n) is 5.62. The molecule has 0 radical (unpaired) electrons. The molecule has 29 heavy (non-hydrogen) atoms. The molecule has 3 aromatic rings. The smallest absolute Gasteiger partial charge is 0.301 e. The molecule has 152 valence electrons. The van der Waals surface area contributed by atoms with E-state index in [0.29, 0.717) is 18.7 Å². The molecule has 2 atom stereocenters. The van der Waals surface area contributed by atoms with Gasteiger partial charge in [-0.1, -0.05) is 25.1 Å². The summed E-state index contributed by atoms with van der Waals surface area (Å²) in [5.41, 5.74) is 2.44. The molecule has 0 N–H and O–H groups in total. The van der Waals surface area contributed by atoms with Crippen molar-refractivity contribution in [3.8, 4) is 11.3 Å². The van der Waals surface area contributed by atoms with Crippen molar-refractivity contribution in [2.24, 2.45) is 0 Å². The fourth-order valence-corrected chi connectivity index (χ4v) is 4.16. The molecule has 3 heterocycles. The second-order valence-electron chi connectivity index (χ2n) is 7.48. The zero-order valence-corrected chi connectivity index (χ0v) is 16.4. The molecule has 1 aliphatic heterocycles. The van der Waals surface area contributed by atoms with E-state index in [0.717, 1.165) is 23.5 Å². The van der Waals surface area contributed by atoms with E-state index in [9.17, 15) is 13.2 Å². The minimum Gasteiger partial charge on any atom is -0.301 e. The highest BCUT2D eigenvalue weighted by Crippen LogP contribution is 2.42. The summed E-state index contributed by atoms with van der Waals surface area (Å²) >= 11 is 0. The van der Waals surface area contributed by atoms with E-state index in [1.54, 1.807) is 18.3 Å². The number of nitrogens with zero attached hydrogens (tertiary/aromatic N) is 4. The second kappa shape index (κ2) is 7.63. The van der Waals surface area contributed by atoms with Crippen LogP contribution in [0.25, 0.3) is 11.3 Å². The van der Waals surface area contributed by atoms with Gasteiger partial charge in [-0.3, -0.25) is 9.67 Å². The van der Waals surface area contributed by atoms with Crippen molar-refractivity contribution in [2.45, 2.75) is 32.0 Å². The summed E-state index contributed by atoms with van der Waals surface area (Å²) in [4.78, 5) is 6.39. The van der Waals surface area contributed by atoms with Crippen molar-refractivity contribution in [3.63, 3.8) is 0 Å². The molecule has 0 saturated carbocycles. The van der Waals surface area contributed by atoms with Gasteiger partial charge in [-0.25, -0.2) is 0 Å². The van der Waals surface area contributed by atoms with Gasteiger partial charge in [0.25, 0.3) is 0 Å². The number of likely N-dealkylation sites (tertiary alicyclic amines) is 1. The molecule has 1 saturated heterocycles. The van der Waals surface area contributed by atoms with Gasteiger partial charge in [0.2, 0.25) is 0 Å². The van der Waals surface area contributed by atoms with Crippen LogP contribution in [0.1, 0.15) is 35.7 Å². The van der Waals surface area contributed by atoms with E-state index >= 15 is 0 Å². The molecule has 7 heteroatoms. The van der Waals surface area contributed by atoms with Crippen molar-refractivity contribution in [1.29, 1.82) is 0 Å². The molecule has 0 aliphatic carbocycles. The normalized spacial score (nSPS) is 20.3. The van der Waals surface area contributed by atoms with Crippen molar-refractivity contribution >= 4 is 0 Å². The van der Waals surface area contributed by atoms with E-state index in [4.69, 9.17) is 5.10 Å². The molecule has 0 unspecified atom stereocenters. The molecular weight excluding hydrogens is 377 g/mol. The third-order valence-corrected chi connectivity index (χ3v) is 5.62. The maximum absolute atomic E-state index is 13.6. The largest absolute Gasteiger partial charge is 0.416 e. The lowest BCUT2D eigenvalue weighted by Gasteiger charge is -2.23. The highest BCUT2D eigenvalue weighted by Gasteiger charge is 2.41. The Bertz CT molecular complexity index is 995. The minimum absolute atomic E-state index is 0.157. The number of aromatic nitrogens is 3. The first-order valence-electron chi connectivity index (χ1n) is 9.73. The average molecular weight is 400 g/mol. The summed E-state index contributed by atoms with van der Waals surface area (Å²) in [6.07, 6.45) is -0.761. The van der Waals surface area contributed by atoms with Crippen LogP contribution in [0.15, 0.2) is 54.9 Å². The molecule has 0 spiro atoms. The summed E-state index contributed by atoms with van der Waals surface area (Å²) < 4.78 is 42.7. The lowest BCUT2D eigenvalue weighted by molar-refractivity contribution is -0.138. The standard InChI is InChI=1S/C22H23F3N4/c1-3-28-13-18(17-6-4-5-7-19(17)22(23,24)25)21(14-28)29-11-9-20(27-29)16-8-10-26-15(2)12-16/h4-12,18,21H,3,13-14H2,1-2H3/t18-,21+/m1/s1. The molecule has 0 amide bonds. The highest BCUT2D eigenvalue weighted by atomic mass is 19.4. The van der Waals surface area contributed by atoms with Gasteiger partial charge in [0.1, 0.15) is 0 Å². The Hall–Kier alpha value is -2.67. The van der Waals surface area contributed by atoms with E-state index in [2.05, 4.69) is 9.88 Å². The maximum atomic E-state index is 13.6. The zero-order valence-electron chi connectivity index (χ0n) is 16.4. The summed E-state index contributed by atoms with van der Waals surface area (Å²) in [5.74, 6) is -0.278. The van der Waals surface area contributed by atoms with Crippen molar-refractivity contribution in [3.05, 3.63) is 71.7 Å². The van der Waals surface area contributed by atoms with E-state index in [1.807, 2.05) is 42.9 Å². The van der Waals surface area contributed by atoms with Gasteiger partial charge in [-0.05, 0) is 43.3 Å². The van der Waals surface area contributed by atoms with E-state index < -0.39 is 11.7 Å². The summed E-state index contributed by atoms with van der Waals surface area (Å²) in [7, 11) is 0. The first-order valence-corrected chi connectivity index (χ1v) is 9.73. The monoisotopic (exact) mass is 400 g/mol. The zero-order chi connectivity index (χ0) is 20.6. The number of rotatable bonds is 4. The van der Waals surface area contributed by atoms with Gasteiger partial charge < -0.3 is 4.90 Å². The Morgan fingerprint density at radius 3 is 2.62 bits per heavy atom. The van der Waals surface area contributed by atoms with Crippen LogP contribution in [-0.2, 0) is 6.18 Å². The molecule has 1 aromatic carbocycles. The fraction of sp³-hybridized carbons (Fsp3) is 0.364. The fourth-order valence-electron chi connectivity index (χ4n) is 4.16. The molecule has 1 aliphatic rings. The van der Waals surface area contributed by atoms with Gasteiger partial charge >= 0.3 is 6.18 Å². The summed E-state index contributed by atoms with van der Waals surface area (Å²) in [6, 6.07) is 11.5. The summed E-state index contributed by atoms with van der Waals surface area (Å²) in [5, 5.41) is 4.72. The molecular formula is C22H23F3N4.